The molecule has 0 aromatic heterocycles. The zero-order valence-electron chi connectivity index (χ0n) is 34.6. The number of ketones is 1. The van der Waals surface area contributed by atoms with Gasteiger partial charge in [0.25, 0.3) is 0 Å². The Balaban J connectivity index is -0.00000493. The molecule has 0 aliphatic rings. The fourth-order valence-electron chi connectivity index (χ4n) is 3.91. The molecule has 2 atom stereocenters. The number of nitrogens with one attached hydrogen (secondary N) is 4. The maximum atomic E-state index is 12.4. The molecule has 0 aromatic rings. The normalized spacial score (nSPS) is 11.8. The van der Waals surface area contributed by atoms with Crippen molar-refractivity contribution in [3.63, 3.8) is 0 Å². The van der Waals surface area contributed by atoms with Gasteiger partial charge in [-0.2, -0.15) is 0 Å². The highest BCUT2D eigenvalue weighted by Gasteiger charge is 2.20. The minimum absolute atomic E-state index is 0.0679. The van der Waals surface area contributed by atoms with E-state index in [9.17, 15) is 19.2 Å². The van der Waals surface area contributed by atoms with Crippen molar-refractivity contribution in [1.82, 2.24) is 19.5 Å². The van der Waals surface area contributed by atoms with Gasteiger partial charge < -0.3 is 53.8 Å². The molecule has 0 saturated carbocycles. The Labute approximate surface area is 339 Å². The summed E-state index contributed by atoms with van der Waals surface area (Å²) < 4.78 is 45.7. The lowest BCUT2D eigenvalue weighted by Gasteiger charge is -2.17. The van der Waals surface area contributed by atoms with Crippen LogP contribution in [0.15, 0.2) is 0 Å². The molecular formula is C37H75IN4O12. The summed E-state index contributed by atoms with van der Waals surface area (Å²) in [4.78, 5) is 48.4. The minimum atomic E-state index is -0.606. The zero-order chi connectivity index (χ0) is 41.1. The second-order valence-corrected chi connectivity index (χ2v) is 12.4. The van der Waals surface area contributed by atoms with E-state index in [2.05, 4.69) is 33.3 Å². The van der Waals surface area contributed by atoms with Crippen molar-refractivity contribution in [2.45, 2.75) is 92.7 Å². The summed E-state index contributed by atoms with van der Waals surface area (Å²) in [7, 11) is 1.63. The van der Waals surface area contributed by atoms with Gasteiger partial charge in [0.05, 0.1) is 118 Å². The molecule has 16 nitrogen and oxygen atoms in total. The number of Topliss-reactive ketones (excluding diaryl/α,β-unsaturated/α-hetero) is 1. The van der Waals surface area contributed by atoms with E-state index in [1.54, 1.807) is 27.9 Å². The van der Waals surface area contributed by atoms with Crippen molar-refractivity contribution in [1.29, 1.82) is 0 Å². The Hall–Kier alpha value is -1.55. The van der Waals surface area contributed by atoms with Crippen LogP contribution < -0.4 is 19.5 Å². The highest BCUT2D eigenvalue weighted by molar-refractivity contribution is 14.1. The number of methoxy groups -OCH3 is 1. The van der Waals surface area contributed by atoms with Gasteiger partial charge >= 0.3 is 0 Å². The van der Waals surface area contributed by atoms with Crippen LogP contribution in [-0.2, 0) is 57.1 Å². The Kier molecular flexibility index (Phi) is 48.2. The van der Waals surface area contributed by atoms with Gasteiger partial charge in [0.2, 0.25) is 17.7 Å². The van der Waals surface area contributed by atoms with E-state index in [0.717, 1.165) is 0 Å². The number of halogens is 1. The topological polar surface area (TPSA) is 190 Å². The summed E-state index contributed by atoms with van der Waals surface area (Å²) in [6.07, 6.45) is 3.43. The van der Waals surface area contributed by atoms with E-state index in [1.165, 1.54) is 6.42 Å². The van der Waals surface area contributed by atoms with E-state index in [0.29, 0.717) is 125 Å². The first kappa shape index (κ1) is 56.8. The van der Waals surface area contributed by atoms with Crippen LogP contribution in [-0.4, -0.2) is 155 Å². The van der Waals surface area contributed by atoms with Crippen molar-refractivity contribution >= 4 is 46.4 Å². The summed E-state index contributed by atoms with van der Waals surface area (Å²) in [6, 6.07) is -1.09. The van der Waals surface area contributed by atoms with Crippen LogP contribution in [0.3, 0.4) is 0 Å². The van der Waals surface area contributed by atoms with Crippen molar-refractivity contribution in [2.24, 2.45) is 5.92 Å². The van der Waals surface area contributed by atoms with Crippen LogP contribution in [0.1, 0.15) is 80.6 Å². The lowest BCUT2D eigenvalue weighted by Crippen LogP contribution is -2.48. The van der Waals surface area contributed by atoms with Crippen LogP contribution >= 0.6 is 22.9 Å². The van der Waals surface area contributed by atoms with E-state index >= 15 is 0 Å². The van der Waals surface area contributed by atoms with Crippen molar-refractivity contribution in [2.75, 3.05) is 119 Å². The molecule has 3 amide bonds. The zero-order valence-corrected chi connectivity index (χ0v) is 36.7. The highest BCUT2D eigenvalue weighted by Crippen LogP contribution is 2.03. The summed E-state index contributed by atoms with van der Waals surface area (Å²) in [5, 5.41) is 8.04. The molecule has 54 heavy (non-hydrogen) atoms. The van der Waals surface area contributed by atoms with Crippen LogP contribution in [0.4, 0.5) is 0 Å². The van der Waals surface area contributed by atoms with Crippen LogP contribution in [0.25, 0.3) is 0 Å². The maximum Gasteiger partial charge on any atom is 0.239 e. The molecular weight excluding hydrogens is 819 g/mol. The number of rotatable bonds is 36. The fraction of sp³-hybridized carbons (Fsp3) is 0.892. The van der Waals surface area contributed by atoms with E-state index in [4.69, 9.17) is 37.9 Å². The molecule has 0 bridgehead atoms. The second-order valence-electron chi connectivity index (χ2n) is 11.8. The van der Waals surface area contributed by atoms with E-state index in [-0.39, 0.29) is 36.5 Å². The molecule has 0 rings (SSSR count). The van der Waals surface area contributed by atoms with Crippen molar-refractivity contribution < 1.29 is 57.1 Å². The maximum absolute atomic E-state index is 12.4. The first-order valence-electron chi connectivity index (χ1n) is 19.4. The first-order valence-corrected chi connectivity index (χ1v) is 20.5. The van der Waals surface area contributed by atoms with Gasteiger partial charge in [-0.25, -0.2) is 3.53 Å². The number of carbonyl (C=O) groups is 4. The number of ether oxygens (including phenoxy) is 8. The van der Waals surface area contributed by atoms with Crippen LogP contribution in [0.2, 0.25) is 0 Å². The molecule has 0 aromatic carbocycles. The van der Waals surface area contributed by atoms with Crippen LogP contribution in [0, 0.1) is 5.92 Å². The van der Waals surface area contributed by atoms with Crippen molar-refractivity contribution in [3.05, 3.63) is 0 Å². The number of carbonyl (C=O) groups excluding carboxylic acids is 4. The minimum Gasteiger partial charge on any atom is -0.382 e. The predicted molar refractivity (Wildman–Crippen MR) is 218 cm³/mol. The fourth-order valence-corrected chi connectivity index (χ4v) is 4.50. The average molecular weight is 895 g/mol. The summed E-state index contributed by atoms with van der Waals surface area (Å²) in [6.45, 7) is 20.8. The Morgan fingerprint density at radius 3 is 1.39 bits per heavy atom. The third-order valence-electron chi connectivity index (χ3n) is 6.62. The van der Waals surface area contributed by atoms with Crippen LogP contribution in [0.5, 0.6) is 0 Å². The van der Waals surface area contributed by atoms with Gasteiger partial charge in [0, 0.05) is 48.9 Å². The predicted octanol–water partition coefficient (Wildman–Crippen LogP) is 3.02. The molecule has 17 heteroatoms. The Morgan fingerprint density at radius 1 is 0.593 bits per heavy atom. The summed E-state index contributed by atoms with van der Waals surface area (Å²) >= 11 is 1.91. The third-order valence-corrected chi connectivity index (χ3v) is 7.38. The first-order chi connectivity index (χ1) is 26.1. The third kappa shape index (κ3) is 41.6. The van der Waals surface area contributed by atoms with E-state index < -0.39 is 18.0 Å². The quantitative estimate of drug-likeness (QED) is 0.0409. The van der Waals surface area contributed by atoms with Gasteiger partial charge in [-0.05, 0) is 26.2 Å². The smallest absolute Gasteiger partial charge is 0.239 e. The van der Waals surface area contributed by atoms with Gasteiger partial charge in [0.15, 0.2) is 5.78 Å². The molecule has 4 N–H and O–H groups in total. The van der Waals surface area contributed by atoms with Crippen molar-refractivity contribution in [3.8, 4) is 0 Å². The number of hydrogen-bond donors (Lipinski definition) is 4. The molecule has 322 valence electrons. The number of amides is 3. The monoisotopic (exact) mass is 894 g/mol. The second kappa shape index (κ2) is 45.8. The lowest BCUT2D eigenvalue weighted by molar-refractivity contribution is -0.130. The molecule has 2 unspecified atom stereocenters. The molecule has 0 saturated heterocycles. The Bertz CT molecular complexity index is 862. The van der Waals surface area contributed by atoms with Gasteiger partial charge in [-0.15, -0.1) is 0 Å². The summed E-state index contributed by atoms with van der Waals surface area (Å²) in [5.74, 6) is -1.08. The highest BCUT2D eigenvalue weighted by atomic mass is 127. The largest absolute Gasteiger partial charge is 0.382 e. The van der Waals surface area contributed by atoms with E-state index in [1.807, 2.05) is 36.7 Å². The molecule has 0 radical (unpaired) electrons. The summed E-state index contributed by atoms with van der Waals surface area (Å²) in [5.41, 5.74) is 0. The Morgan fingerprint density at radius 2 is 1.00 bits per heavy atom. The average Bonchev–Trinajstić information content (AvgIpc) is 3.16. The van der Waals surface area contributed by atoms with Gasteiger partial charge in [-0.3, -0.25) is 19.2 Å². The standard InChI is InChI=1S/C32H61IN4O12.C3H8.C2H6/c1-26(2)31(40)27(3)36-30(39)25-35-32(41)28(37-33)7-5-6-9-34-29(38)8-10-43-13-14-45-17-18-47-21-22-49-24-23-48-20-19-46-16-15-44-12-11-42-4;1-3-2;1-2/h26-28,37H,5-25H2,1-4H3,(H,34,38)(H,35,41)(H,36,39);3H2,1-2H3;1-2H3. The SMILES string of the molecule is CC.CCC.COCCOCCOCCOCCOCCOCCOCCOCCC(=O)NCCCCC(NI)C(=O)NCC(=O)NC(C)C(=O)C(C)C. The molecule has 0 heterocycles. The number of hydrogen-bond acceptors (Lipinski definition) is 13. The van der Waals surface area contributed by atoms with Gasteiger partial charge in [-0.1, -0.05) is 48.0 Å². The molecule has 0 aliphatic heterocycles. The lowest BCUT2D eigenvalue weighted by atomic mass is 10.0. The number of unbranched alkanes of at least 4 members (excludes halogenated alkanes) is 1. The molecule has 0 spiro atoms. The molecule has 0 aliphatic carbocycles. The van der Waals surface area contributed by atoms with Gasteiger partial charge in [0.1, 0.15) is 0 Å². The molecule has 0 fully saturated rings.